The van der Waals surface area contributed by atoms with Crippen molar-refractivity contribution in [1.29, 1.82) is 0 Å². The quantitative estimate of drug-likeness (QED) is 0.407. The number of rotatable bonds is 6. The van der Waals surface area contributed by atoms with Gasteiger partial charge >= 0.3 is 0 Å². The maximum atomic E-state index is 13.5. The highest BCUT2D eigenvalue weighted by atomic mass is 35.5. The standard InChI is InChI=1S/C24H20ClN7O/c1-16-26-24(29-27-16)18-9-11-20(12-10-18)31(14-17-5-4-6-19(25)13-17)23(33)15-32-22-8-3-2-7-21(22)28-30-32/h2-13H,14-15H2,1H3,(H,26,27,29). The molecule has 0 radical (unpaired) electrons. The van der Waals surface area contributed by atoms with Gasteiger partial charge in [-0.15, -0.1) is 15.3 Å². The fourth-order valence-electron chi connectivity index (χ4n) is 3.66. The van der Waals surface area contributed by atoms with Crippen LogP contribution >= 0.6 is 11.6 Å². The highest BCUT2D eigenvalue weighted by molar-refractivity contribution is 6.30. The number of aryl methyl sites for hydroxylation is 1. The van der Waals surface area contributed by atoms with E-state index in [1.165, 1.54) is 0 Å². The average Bonchev–Trinajstić information content (AvgIpc) is 3.44. The zero-order valence-electron chi connectivity index (χ0n) is 17.8. The number of carbonyl (C=O) groups excluding carboxylic acids is 1. The lowest BCUT2D eigenvalue weighted by molar-refractivity contribution is -0.119. The minimum Gasteiger partial charge on any atom is -0.325 e. The molecule has 164 valence electrons. The molecule has 0 unspecified atom stereocenters. The summed E-state index contributed by atoms with van der Waals surface area (Å²) in [6.07, 6.45) is 0. The van der Waals surface area contributed by atoms with Gasteiger partial charge in [-0.1, -0.05) is 41.1 Å². The van der Waals surface area contributed by atoms with E-state index in [1.54, 1.807) is 9.58 Å². The Hall–Kier alpha value is -4.04. The minimum atomic E-state index is -0.117. The number of nitrogens with zero attached hydrogens (tertiary/aromatic N) is 6. The minimum absolute atomic E-state index is 0.0597. The van der Waals surface area contributed by atoms with Crippen molar-refractivity contribution in [3.63, 3.8) is 0 Å². The van der Waals surface area contributed by atoms with Crippen LogP contribution in [0, 0.1) is 6.92 Å². The molecule has 2 aromatic heterocycles. The van der Waals surface area contributed by atoms with Crippen LogP contribution in [0.5, 0.6) is 0 Å². The van der Waals surface area contributed by atoms with Crippen molar-refractivity contribution in [2.45, 2.75) is 20.0 Å². The number of benzene rings is 3. The van der Waals surface area contributed by atoms with Crippen LogP contribution in [0.15, 0.2) is 72.8 Å². The molecule has 1 amide bonds. The first-order valence-electron chi connectivity index (χ1n) is 10.4. The third-order valence-electron chi connectivity index (χ3n) is 5.29. The summed E-state index contributed by atoms with van der Waals surface area (Å²) in [5.74, 6) is 1.31. The predicted octanol–water partition coefficient (Wildman–Crippen LogP) is 4.41. The maximum absolute atomic E-state index is 13.5. The lowest BCUT2D eigenvalue weighted by Crippen LogP contribution is -2.33. The van der Waals surface area contributed by atoms with Crippen LogP contribution in [0.25, 0.3) is 22.4 Å². The molecular formula is C24H20ClN7O. The second-order valence-electron chi connectivity index (χ2n) is 7.65. The van der Waals surface area contributed by atoms with Crippen LogP contribution in [-0.4, -0.2) is 36.1 Å². The molecule has 9 heteroatoms. The van der Waals surface area contributed by atoms with Crippen LogP contribution in [0.3, 0.4) is 0 Å². The molecule has 2 heterocycles. The van der Waals surface area contributed by atoms with E-state index in [1.807, 2.05) is 79.7 Å². The van der Waals surface area contributed by atoms with E-state index in [9.17, 15) is 4.79 Å². The molecule has 5 rings (SSSR count). The van der Waals surface area contributed by atoms with Crippen molar-refractivity contribution < 1.29 is 4.79 Å². The molecule has 0 saturated carbocycles. The Kier molecular flexibility index (Phi) is 5.58. The molecule has 8 nitrogen and oxygen atoms in total. The second-order valence-corrected chi connectivity index (χ2v) is 8.09. The molecule has 0 fully saturated rings. The number of hydrogen-bond donors (Lipinski definition) is 1. The zero-order chi connectivity index (χ0) is 22.8. The van der Waals surface area contributed by atoms with Crippen molar-refractivity contribution in [2.75, 3.05) is 4.90 Å². The van der Waals surface area contributed by atoms with E-state index in [-0.39, 0.29) is 12.5 Å². The van der Waals surface area contributed by atoms with Crippen molar-refractivity contribution in [3.05, 3.63) is 89.2 Å². The number of aromatic amines is 1. The number of H-pyrrole nitrogens is 1. The molecule has 5 aromatic rings. The number of nitrogens with one attached hydrogen (secondary N) is 1. The summed E-state index contributed by atoms with van der Waals surface area (Å²) in [7, 11) is 0. The number of para-hydroxylation sites is 1. The highest BCUT2D eigenvalue weighted by Gasteiger charge is 2.19. The Labute approximate surface area is 194 Å². The molecule has 0 aliphatic carbocycles. The Bertz CT molecular complexity index is 1420. The molecule has 0 atom stereocenters. The zero-order valence-corrected chi connectivity index (χ0v) is 18.6. The van der Waals surface area contributed by atoms with Crippen LogP contribution < -0.4 is 4.90 Å². The lowest BCUT2D eigenvalue weighted by atomic mass is 10.1. The summed E-state index contributed by atoms with van der Waals surface area (Å²) in [6.45, 7) is 2.28. The molecule has 0 aliphatic rings. The molecule has 3 aromatic carbocycles. The monoisotopic (exact) mass is 457 g/mol. The lowest BCUT2D eigenvalue weighted by Gasteiger charge is -2.23. The third kappa shape index (κ3) is 4.47. The Morgan fingerprint density at radius 3 is 2.58 bits per heavy atom. The third-order valence-corrected chi connectivity index (χ3v) is 5.52. The van der Waals surface area contributed by atoms with Gasteiger partial charge in [0.15, 0.2) is 5.82 Å². The van der Waals surface area contributed by atoms with Crippen LogP contribution in [0.2, 0.25) is 5.02 Å². The van der Waals surface area contributed by atoms with Gasteiger partial charge in [0.1, 0.15) is 17.9 Å². The summed E-state index contributed by atoms with van der Waals surface area (Å²) in [6, 6.07) is 22.7. The van der Waals surface area contributed by atoms with Crippen LogP contribution in [0.4, 0.5) is 5.69 Å². The largest absolute Gasteiger partial charge is 0.325 e. The highest BCUT2D eigenvalue weighted by Crippen LogP contribution is 2.24. The van der Waals surface area contributed by atoms with E-state index in [0.717, 1.165) is 33.7 Å². The first-order chi connectivity index (χ1) is 16.1. The van der Waals surface area contributed by atoms with Crippen molar-refractivity contribution in [2.24, 2.45) is 0 Å². The smallest absolute Gasteiger partial charge is 0.249 e. The maximum Gasteiger partial charge on any atom is 0.249 e. The molecule has 0 saturated heterocycles. The molecule has 0 aliphatic heterocycles. The molecule has 1 N–H and O–H groups in total. The van der Waals surface area contributed by atoms with Gasteiger partial charge in [-0.2, -0.15) is 0 Å². The first kappa shape index (κ1) is 20.8. The summed E-state index contributed by atoms with van der Waals surface area (Å²) in [5, 5.41) is 17.1. The van der Waals surface area contributed by atoms with Gasteiger partial charge in [-0.3, -0.25) is 4.79 Å². The van der Waals surface area contributed by atoms with Crippen molar-refractivity contribution in [1.82, 2.24) is 30.2 Å². The Morgan fingerprint density at radius 1 is 1.00 bits per heavy atom. The van der Waals surface area contributed by atoms with Gasteiger partial charge < -0.3 is 9.88 Å². The van der Waals surface area contributed by atoms with E-state index in [0.29, 0.717) is 17.4 Å². The summed E-state index contributed by atoms with van der Waals surface area (Å²) < 4.78 is 1.62. The number of anilines is 1. The molecule has 0 spiro atoms. The topological polar surface area (TPSA) is 92.6 Å². The van der Waals surface area contributed by atoms with Gasteiger partial charge in [-0.05, 0) is 61.0 Å². The fourth-order valence-corrected chi connectivity index (χ4v) is 3.88. The first-order valence-corrected chi connectivity index (χ1v) is 10.8. The molecule has 33 heavy (non-hydrogen) atoms. The SMILES string of the molecule is Cc1nnc(-c2ccc(N(Cc3cccc(Cl)c3)C(=O)Cn3nnc4ccccc43)cc2)[nH]1. The van der Waals surface area contributed by atoms with Crippen molar-refractivity contribution in [3.8, 4) is 11.4 Å². The molecule has 0 bridgehead atoms. The normalized spacial score (nSPS) is 11.1. The van der Waals surface area contributed by atoms with E-state index >= 15 is 0 Å². The number of aromatic nitrogens is 6. The number of amides is 1. The van der Waals surface area contributed by atoms with E-state index in [4.69, 9.17) is 11.6 Å². The number of carbonyl (C=O) groups is 1. The fraction of sp³-hybridized carbons (Fsp3) is 0.125. The Morgan fingerprint density at radius 2 is 1.82 bits per heavy atom. The molecular weight excluding hydrogens is 438 g/mol. The second kappa shape index (κ2) is 8.84. The van der Waals surface area contributed by atoms with E-state index < -0.39 is 0 Å². The summed E-state index contributed by atoms with van der Waals surface area (Å²) in [4.78, 5) is 18.3. The van der Waals surface area contributed by atoms with Gasteiger partial charge in [0.05, 0.1) is 12.1 Å². The van der Waals surface area contributed by atoms with Gasteiger partial charge in [0, 0.05) is 16.3 Å². The number of halogens is 1. The number of fused-ring (bicyclic) bond motifs is 1. The van der Waals surface area contributed by atoms with Gasteiger partial charge in [0.2, 0.25) is 5.91 Å². The summed E-state index contributed by atoms with van der Waals surface area (Å²) in [5.41, 5.74) is 4.12. The summed E-state index contributed by atoms with van der Waals surface area (Å²) >= 11 is 6.18. The Balaban J connectivity index is 1.46. The van der Waals surface area contributed by atoms with Gasteiger partial charge in [0.25, 0.3) is 0 Å². The van der Waals surface area contributed by atoms with E-state index in [2.05, 4.69) is 25.5 Å². The van der Waals surface area contributed by atoms with Crippen molar-refractivity contribution >= 4 is 34.2 Å². The van der Waals surface area contributed by atoms with Gasteiger partial charge in [-0.25, -0.2) is 4.68 Å². The number of hydrogen-bond acceptors (Lipinski definition) is 5. The van der Waals surface area contributed by atoms with Crippen LogP contribution in [-0.2, 0) is 17.9 Å². The van der Waals surface area contributed by atoms with Crippen LogP contribution in [0.1, 0.15) is 11.4 Å². The average molecular weight is 458 g/mol. The predicted molar refractivity (Wildman–Crippen MR) is 127 cm³/mol.